The monoisotopic (exact) mass is 337 g/mol. The molecule has 0 radical (unpaired) electrons. The Hall–Kier alpha value is -2.53. The number of amides is 1. The maximum atomic E-state index is 11.9. The number of hydrogen-bond donors (Lipinski definition) is 1. The summed E-state index contributed by atoms with van der Waals surface area (Å²) in [5.74, 6) is 0.297. The van der Waals surface area contributed by atoms with Gasteiger partial charge in [-0.15, -0.1) is 6.58 Å². The lowest BCUT2D eigenvalue weighted by Gasteiger charge is -2.09. The second-order valence-corrected chi connectivity index (χ2v) is 6.38. The van der Waals surface area contributed by atoms with Crippen LogP contribution in [0.25, 0.3) is 16.7 Å². The van der Waals surface area contributed by atoms with Crippen LogP contribution in [0.5, 0.6) is 0 Å². The maximum Gasteiger partial charge on any atom is 0.230 e. The molecule has 1 amide bonds. The highest BCUT2D eigenvalue weighted by Gasteiger charge is 2.14. The van der Waals surface area contributed by atoms with E-state index in [-0.39, 0.29) is 5.91 Å². The molecule has 0 aliphatic heterocycles. The average Bonchev–Trinajstić information content (AvgIpc) is 2.96. The van der Waals surface area contributed by atoms with Gasteiger partial charge in [-0.1, -0.05) is 42.1 Å². The minimum absolute atomic E-state index is 0.0252. The van der Waals surface area contributed by atoms with Crippen LogP contribution in [0.1, 0.15) is 5.56 Å². The van der Waals surface area contributed by atoms with Gasteiger partial charge in [0.05, 0.1) is 16.8 Å². The molecule has 2 aromatic carbocycles. The number of carbonyl (C=O) groups excluding carboxylic acids is 1. The van der Waals surface area contributed by atoms with Crippen LogP contribution in [0, 0.1) is 6.92 Å². The zero-order valence-corrected chi connectivity index (χ0v) is 14.3. The quantitative estimate of drug-likeness (QED) is 0.551. The molecule has 0 aliphatic carbocycles. The highest BCUT2D eigenvalue weighted by atomic mass is 32.2. The van der Waals surface area contributed by atoms with Crippen molar-refractivity contribution in [3.05, 3.63) is 66.7 Å². The topological polar surface area (TPSA) is 46.9 Å². The van der Waals surface area contributed by atoms with Gasteiger partial charge in [0.2, 0.25) is 5.91 Å². The van der Waals surface area contributed by atoms with E-state index in [9.17, 15) is 4.79 Å². The van der Waals surface area contributed by atoms with Gasteiger partial charge in [0.25, 0.3) is 0 Å². The van der Waals surface area contributed by atoms with Gasteiger partial charge in [-0.25, -0.2) is 4.98 Å². The number of nitrogens with zero attached hydrogens (tertiary/aromatic N) is 2. The fourth-order valence-electron chi connectivity index (χ4n) is 2.48. The SMILES string of the molecule is C=CCNC(=O)CSc1nc2ccccc2n1-c1cccc(C)c1. The molecule has 0 unspecified atom stereocenters. The smallest absolute Gasteiger partial charge is 0.230 e. The van der Waals surface area contributed by atoms with E-state index < -0.39 is 0 Å². The molecular weight excluding hydrogens is 318 g/mol. The van der Waals surface area contributed by atoms with Crippen LogP contribution in [0.3, 0.4) is 0 Å². The predicted octanol–water partition coefficient (Wildman–Crippen LogP) is 3.73. The average molecular weight is 337 g/mol. The van der Waals surface area contributed by atoms with E-state index >= 15 is 0 Å². The summed E-state index contributed by atoms with van der Waals surface area (Å²) in [4.78, 5) is 16.6. The Morgan fingerprint density at radius 3 is 2.92 bits per heavy atom. The van der Waals surface area contributed by atoms with Gasteiger partial charge >= 0.3 is 0 Å². The zero-order valence-electron chi connectivity index (χ0n) is 13.5. The third kappa shape index (κ3) is 3.51. The number of benzene rings is 2. The van der Waals surface area contributed by atoms with Crippen LogP contribution in [0.4, 0.5) is 0 Å². The number of aromatic nitrogens is 2. The molecule has 0 atom stereocenters. The van der Waals surface area contributed by atoms with Crippen LogP contribution in [-0.4, -0.2) is 27.8 Å². The van der Waals surface area contributed by atoms with Crippen molar-refractivity contribution in [3.8, 4) is 5.69 Å². The molecule has 4 nitrogen and oxygen atoms in total. The van der Waals surface area contributed by atoms with Gasteiger partial charge in [0.1, 0.15) is 0 Å². The molecule has 0 saturated carbocycles. The largest absolute Gasteiger partial charge is 0.352 e. The number of carbonyl (C=O) groups is 1. The van der Waals surface area contributed by atoms with Gasteiger partial charge in [0, 0.05) is 12.2 Å². The number of hydrogen-bond acceptors (Lipinski definition) is 3. The molecule has 1 N–H and O–H groups in total. The molecule has 24 heavy (non-hydrogen) atoms. The van der Waals surface area contributed by atoms with Crippen molar-refractivity contribution in [2.75, 3.05) is 12.3 Å². The van der Waals surface area contributed by atoms with Crippen molar-refractivity contribution in [2.45, 2.75) is 12.1 Å². The lowest BCUT2D eigenvalue weighted by molar-refractivity contribution is -0.118. The van der Waals surface area contributed by atoms with Crippen molar-refractivity contribution in [1.82, 2.24) is 14.9 Å². The highest BCUT2D eigenvalue weighted by molar-refractivity contribution is 7.99. The molecule has 122 valence electrons. The lowest BCUT2D eigenvalue weighted by Crippen LogP contribution is -2.25. The van der Waals surface area contributed by atoms with Gasteiger partial charge in [-0.2, -0.15) is 0 Å². The number of aryl methyl sites for hydroxylation is 1. The Labute approximate surface area is 145 Å². The van der Waals surface area contributed by atoms with Crippen molar-refractivity contribution in [3.63, 3.8) is 0 Å². The first-order valence-corrected chi connectivity index (χ1v) is 8.72. The summed E-state index contributed by atoms with van der Waals surface area (Å²) in [5, 5.41) is 3.61. The number of fused-ring (bicyclic) bond motifs is 1. The van der Waals surface area contributed by atoms with Crippen LogP contribution in [-0.2, 0) is 4.79 Å². The van der Waals surface area contributed by atoms with E-state index in [0.29, 0.717) is 12.3 Å². The van der Waals surface area contributed by atoms with E-state index in [2.05, 4.69) is 41.6 Å². The molecule has 0 fully saturated rings. The summed E-state index contributed by atoms with van der Waals surface area (Å²) in [6.07, 6.45) is 1.67. The molecule has 3 aromatic rings. The van der Waals surface area contributed by atoms with Gasteiger partial charge in [-0.05, 0) is 36.8 Å². The van der Waals surface area contributed by atoms with Crippen LogP contribution >= 0.6 is 11.8 Å². The lowest BCUT2D eigenvalue weighted by atomic mass is 10.2. The predicted molar refractivity (Wildman–Crippen MR) is 99.7 cm³/mol. The Bertz CT molecular complexity index is 885. The number of para-hydroxylation sites is 2. The highest BCUT2D eigenvalue weighted by Crippen LogP contribution is 2.28. The fourth-order valence-corrected chi connectivity index (χ4v) is 3.34. The minimum Gasteiger partial charge on any atom is -0.352 e. The molecule has 0 aliphatic rings. The van der Waals surface area contributed by atoms with Crippen molar-refractivity contribution >= 4 is 28.7 Å². The third-order valence-corrected chi connectivity index (χ3v) is 4.50. The number of rotatable bonds is 6. The second kappa shape index (κ2) is 7.36. The molecule has 0 bridgehead atoms. The first-order chi connectivity index (χ1) is 11.7. The van der Waals surface area contributed by atoms with E-state index in [1.807, 2.05) is 30.3 Å². The Kier molecular flexibility index (Phi) is 5.01. The number of nitrogens with one attached hydrogen (secondary N) is 1. The first-order valence-electron chi connectivity index (χ1n) is 7.74. The fraction of sp³-hybridized carbons (Fsp3) is 0.158. The molecule has 1 aromatic heterocycles. The summed E-state index contributed by atoms with van der Waals surface area (Å²) in [7, 11) is 0. The Balaban J connectivity index is 1.96. The van der Waals surface area contributed by atoms with E-state index in [0.717, 1.165) is 21.9 Å². The van der Waals surface area contributed by atoms with Crippen LogP contribution in [0.2, 0.25) is 0 Å². The van der Waals surface area contributed by atoms with E-state index in [4.69, 9.17) is 4.98 Å². The van der Waals surface area contributed by atoms with Gasteiger partial charge < -0.3 is 5.32 Å². The Morgan fingerprint density at radius 1 is 1.29 bits per heavy atom. The number of thioether (sulfide) groups is 1. The molecule has 5 heteroatoms. The standard InChI is InChI=1S/C19H19N3OS/c1-3-11-20-18(23)13-24-19-21-16-9-4-5-10-17(16)22(19)15-8-6-7-14(2)12-15/h3-10,12H,1,11,13H2,2H3,(H,20,23). The van der Waals surface area contributed by atoms with Crippen molar-refractivity contribution in [2.24, 2.45) is 0 Å². The summed E-state index contributed by atoms with van der Waals surface area (Å²) in [5.41, 5.74) is 4.20. The first kappa shape index (κ1) is 16.3. The number of imidazole rings is 1. The summed E-state index contributed by atoms with van der Waals surface area (Å²) >= 11 is 1.44. The molecule has 0 spiro atoms. The minimum atomic E-state index is -0.0252. The third-order valence-electron chi connectivity index (χ3n) is 3.57. The van der Waals surface area contributed by atoms with Crippen molar-refractivity contribution in [1.29, 1.82) is 0 Å². The van der Waals surface area contributed by atoms with E-state index in [1.165, 1.54) is 17.3 Å². The second-order valence-electron chi connectivity index (χ2n) is 5.44. The van der Waals surface area contributed by atoms with Crippen molar-refractivity contribution < 1.29 is 4.79 Å². The Morgan fingerprint density at radius 2 is 2.12 bits per heavy atom. The molecule has 1 heterocycles. The zero-order chi connectivity index (χ0) is 16.9. The molecule has 3 rings (SSSR count). The van der Waals surface area contributed by atoms with Gasteiger partial charge in [0.15, 0.2) is 5.16 Å². The van der Waals surface area contributed by atoms with Crippen LogP contribution < -0.4 is 5.32 Å². The molecular formula is C19H19N3OS. The summed E-state index contributed by atoms with van der Waals surface area (Å²) in [6, 6.07) is 16.3. The summed E-state index contributed by atoms with van der Waals surface area (Å²) in [6.45, 7) is 6.15. The van der Waals surface area contributed by atoms with Gasteiger partial charge in [-0.3, -0.25) is 9.36 Å². The summed E-state index contributed by atoms with van der Waals surface area (Å²) < 4.78 is 2.10. The normalized spacial score (nSPS) is 10.7. The van der Waals surface area contributed by atoms with Crippen LogP contribution in [0.15, 0.2) is 66.3 Å². The van der Waals surface area contributed by atoms with E-state index in [1.54, 1.807) is 6.08 Å². The molecule has 0 saturated heterocycles. The maximum absolute atomic E-state index is 11.9.